The standard InChI is InChI=1S/C10H13N3O2.C3H8O3/c14-13(15)10-3-1-9(2-4-10)12-7-5-11-6-8-12;4-1-3(6)2-5/h1-4,11H,5-8H2;3-6H,1-2H2. The number of nitro benzene ring substituents is 1. The van der Waals surface area contributed by atoms with Crippen molar-refractivity contribution in [2.75, 3.05) is 44.3 Å². The van der Waals surface area contributed by atoms with Gasteiger partial charge in [0.1, 0.15) is 6.10 Å². The fraction of sp³-hybridized carbons (Fsp3) is 0.538. The molecule has 8 heteroatoms. The van der Waals surface area contributed by atoms with Crippen LogP contribution in [-0.2, 0) is 0 Å². The molecule has 2 rings (SSSR count). The van der Waals surface area contributed by atoms with E-state index in [0.717, 1.165) is 31.9 Å². The Morgan fingerprint density at radius 3 is 2.10 bits per heavy atom. The highest BCUT2D eigenvalue weighted by molar-refractivity contribution is 5.51. The third kappa shape index (κ3) is 6.05. The van der Waals surface area contributed by atoms with Gasteiger partial charge in [-0.15, -0.1) is 0 Å². The number of piperazine rings is 1. The van der Waals surface area contributed by atoms with E-state index in [1.54, 1.807) is 12.1 Å². The number of nitrogens with zero attached hydrogens (tertiary/aromatic N) is 2. The zero-order chi connectivity index (χ0) is 15.7. The molecule has 1 aliphatic heterocycles. The third-order valence-corrected chi connectivity index (χ3v) is 2.96. The van der Waals surface area contributed by atoms with Crippen LogP contribution in [0.5, 0.6) is 0 Å². The summed E-state index contributed by atoms with van der Waals surface area (Å²) < 4.78 is 0. The second kappa shape index (κ2) is 9.24. The van der Waals surface area contributed by atoms with E-state index in [4.69, 9.17) is 15.3 Å². The molecular weight excluding hydrogens is 278 g/mol. The number of nitro groups is 1. The van der Waals surface area contributed by atoms with Crippen molar-refractivity contribution in [1.82, 2.24) is 5.32 Å². The highest BCUT2D eigenvalue weighted by atomic mass is 16.6. The fourth-order valence-electron chi connectivity index (χ4n) is 1.77. The third-order valence-electron chi connectivity index (χ3n) is 2.96. The van der Waals surface area contributed by atoms with Crippen molar-refractivity contribution in [3.8, 4) is 0 Å². The average molecular weight is 299 g/mol. The molecule has 118 valence electrons. The molecule has 21 heavy (non-hydrogen) atoms. The summed E-state index contributed by atoms with van der Waals surface area (Å²) in [5, 5.41) is 37.8. The maximum atomic E-state index is 10.5. The molecule has 1 heterocycles. The van der Waals surface area contributed by atoms with E-state index in [9.17, 15) is 10.1 Å². The lowest BCUT2D eigenvalue weighted by molar-refractivity contribution is -0.384. The molecule has 0 saturated carbocycles. The van der Waals surface area contributed by atoms with Crippen LogP contribution in [0.2, 0.25) is 0 Å². The van der Waals surface area contributed by atoms with Crippen LogP contribution in [-0.4, -0.2) is 65.7 Å². The van der Waals surface area contributed by atoms with Crippen LogP contribution in [0.4, 0.5) is 11.4 Å². The Morgan fingerprint density at radius 2 is 1.71 bits per heavy atom. The van der Waals surface area contributed by atoms with Gasteiger partial charge in [0.05, 0.1) is 18.1 Å². The van der Waals surface area contributed by atoms with E-state index in [1.165, 1.54) is 0 Å². The number of hydrogen-bond acceptors (Lipinski definition) is 7. The molecule has 1 aliphatic rings. The van der Waals surface area contributed by atoms with Gasteiger partial charge in [0.15, 0.2) is 0 Å². The minimum absolute atomic E-state index is 0.147. The van der Waals surface area contributed by atoms with Gasteiger partial charge in [-0.25, -0.2) is 0 Å². The van der Waals surface area contributed by atoms with E-state index in [0.29, 0.717) is 0 Å². The quantitative estimate of drug-likeness (QED) is 0.430. The molecule has 0 spiro atoms. The minimum atomic E-state index is -0.954. The Kier molecular flexibility index (Phi) is 7.62. The summed E-state index contributed by atoms with van der Waals surface area (Å²) in [6.07, 6.45) is -0.954. The monoisotopic (exact) mass is 299 g/mol. The zero-order valence-electron chi connectivity index (χ0n) is 11.7. The second-order valence-corrected chi connectivity index (χ2v) is 4.53. The smallest absolute Gasteiger partial charge is 0.269 e. The van der Waals surface area contributed by atoms with Crippen LogP contribution >= 0.6 is 0 Å². The zero-order valence-corrected chi connectivity index (χ0v) is 11.7. The Balaban J connectivity index is 0.000000315. The van der Waals surface area contributed by atoms with Crippen molar-refractivity contribution in [3.63, 3.8) is 0 Å². The summed E-state index contributed by atoms with van der Waals surface area (Å²) in [4.78, 5) is 12.3. The van der Waals surface area contributed by atoms with Crippen molar-refractivity contribution in [3.05, 3.63) is 34.4 Å². The number of non-ortho nitro benzene ring substituents is 1. The summed E-state index contributed by atoms with van der Waals surface area (Å²) in [7, 11) is 0. The van der Waals surface area contributed by atoms with Gasteiger partial charge in [-0.2, -0.15) is 0 Å². The molecule has 0 aliphatic carbocycles. The van der Waals surface area contributed by atoms with Crippen molar-refractivity contribution in [1.29, 1.82) is 0 Å². The SMILES string of the molecule is O=[N+]([O-])c1ccc(N2CCNCC2)cc1.OCC(O)CO. The molecular formula is C13H21N3O5. The molecule has 1 saturated heterocycles. The first-order chi connectivity index (χ1) is 10.1. The average Bonchev–Trinajstić information content (AvgIpc) is 2.55. The molecule has 0 amide bonds. The number of rotatable bonds is 4. The van der Waals surface area contributed by atoms with E-state index in [-0.39, 0.29) is 23.8 Å². The lowest BCUT2D eigenvalue weighted by Gasteiger charge is -2.29. The number of aliphatic hydroxyl groups excluding tert-OH is 3. The number of nitrogens with one attached hydrogen (secondary N) is 1. The van der Waals surface area contributed by atoms with Gasteiger partial charge in [0, 0.05) is 44.0 Å². The molecule has 1 fully saturated rings. The van der Waals surface area contributed by atoms with Crippen LogP contribution in [0.1, 0.15) is 0 Å². The lowest BCUT2D eigenvalue weighted by Crippen LogP contribution is -2.43. The Hall–Kier alpha value is -1.74. The van der Waals surface area contributed by atoms with Gasteiger partial charge < -0.3 is 25.5 Å². The number of benzene rings is 1. The van der Waals surface area contributed by atoms with Gasteiger partial charge in [-0.3, -0.25) is 10.1 Å². The predicted molar refractivity (Wildman–Crippen MR) is 78.4 cm³/mol. The van der Waals surface area contributed by atoms with E-state index >= 15 is 0 Å². The maximum absolute atomic E-state index is 10.5. The molecule has 0 bridgehead atoms. The van der Waals surface area contributed by atoms with Crippen LogP contribution in [0, 0.1) is 10.1 Å². The molecule has 4 N–H and O–H groups in total. The first-order valence-corrected chi connectivity index (χ1v) is 6.68. The number of anilines is 1. The molecule has 0 radical (unpaired) electrons. The van der Waals surface area contributed by atoms with E-state index in [2.05, 4.69) is 10.2 Å². The molecule has 1 aromatic rings. The molecule has 0 atom stereocenters. The Labute approximate surface area is 122 Å². The first kappa shape index (κ1) is 17.3. The normalized spacial score (nSPS) is 14.6. The number of aliphatic hydroxyl groups is 3. The van der Waals surface area contributed by atoms with Crippen molar-refractivity contribution < 1.29 is 20.2 Å². The highest BCUT2D eigenvalue weighted by Gasteiger charge is 2.11. The second-order valence-electron chi connectivity index (χ2n) is 4.53. The van der Waals surface area contributed by atoms with Crippen molar-refractivity contribution >= 4 is 11.4 Å². The summed E-state index contributed by atoms with van der Waals surface area (Å²) >= 11 is 0. The summed E-state index contributed by atoms with van der Waals surface area (Å²) in [5.41, 5.74) is 1.20. The van der Waals surface area contributed by atoms with Crippen LogP contribution in [0.3, 0.4) is 0 Å². The summed E-state index contributed by atoms with van der Waals surface area (Å²) in [6.45, 7) is 3.12. The lowest BCUT2D eigenvalue weighted by atomic mass is 10.2. The van der Waals surface area contributed by atoms with Gasteiger partial charge in [-0.05, 0) is 12.1 Å². The van der Waals surface area contributed by atoms with Gasteiger partial charge >= 0.3 is 0 Å². The Bertz CT molecular complexity index is 416. The van der Waals surface area contributed by atoms with Gasteiger partial charge in [0.25, 0.3) is 5.69 Å². The highest BCUT2D eigenvalue weighted by Crippen LogP contribution is 2.19. The predicted octanol–water partition coefficient (Wildman–Crippen LogP) is -0.664. The van der Waals surface area contributed by atoms with Crippen LogP contribution < -0.4 is 10.2 Å². The molecule has 1 aromatic carbocycles. The topological polar surface area (TPSA) is 119 Å². The molecule has 0 unspecified atom stereocenters. The largest absolute Gasteiger partial charge is 0.394 e. The van der Waals surface area contributed by atoms with Gasteiger partial charge in [0.2, 0.25) is 0 Å². The van der Waals surface area contributed by atoms with E-state index < -0.39 is 6.10 Å². The summed E-state index contributed by atoms with van der Waals surface area (Å²) in [5.74, 6) is 0. The van der Waals surface area contributed by atoms with Gasteiger partial charge in [-0.1, -0.05) is 0 Å². The minimum Gasteiger partial charge on any atom is -0.394 e. The van der Waals surface area contributed by atoms with Crippen molar-refractivity contribution in [2.45, 2.75) is 6.10 Å². The van der Waals surface area contributed by atoms with E-state index in [1.807, 2.05) is 12.1 Å². The van der Waals surface area contributed by atoms with Crippen LogP contribution in [0.25, 0.3) is 0 Å². The maximum Gasteiger partial charge on any atom is 0.269 e. The van der Waals surface area contributed by atoms with Crippen LogP contribution in [0.15, 0.2) is 24.3 Å². The number of hydrogen-bond donors (Lipinski definition) is 4. The summed E-state index contributed by atoms with van der Waals surface area (Å²) in [6, 6.07) is 6.72. The van der Waals surface area contributed by atoms with Crippen molar-refractivity contribution in [2.24, 2.45) is 0 Å². The fourth-order valence-corrected chi connectivity index (χ4v) is 1.77. The Morgan fingerprint density at radius 1 is 1.19 bits per heavy atom. The molecule has 0 aromatic heterocycles. The molecule has 8 nitrogen and oxygen atoms in total. The first-order valence-electron chi connectivity index (χ1n) is 6.68.